The van der Waals surface area contributed by atoms with Gasteiger partial charge in [-0.3, -0.25) is 15.2 Å². The molecule has 0 aromatic carbocycles. The number of carbonyl (C=O) groups is 1. The number of hydrogen-bond acceptors (Lipinski definition) is 4. The maximum atomic E-state index is 12.2. The van der Waals surface area contributed by atoms with Crippen molar-refractivity contribution in [3.05, 3.63) is 5.82 Å². The normalized spacial score (nSPS) is 24.2. The highest BCUT2D eigenvalue weighted by molar-refractivity contribution is 5.91. The minimum absolute atomic E-state index is 0.0290. The number of aromatic nitrogens is 3. The van der Waals surface area contributed by atoms with Gasteiger partial charge in [0, 0.05) is 12.0 Å². The van der Waals surface area contributed by atoms with Crippen LogP contribution in [0.25, 0.3) is 0 Å². The number of halogens is 3. The monoisotopic (exact) mass is 263 g/mol. The molecule has 4 N–H and O–H groups in total. The van der Waals surface area contributed by atoms with Gasteiger partial charge in [0.05, 0.1) is 0 Å². The summed E-state index contributed by atoms with van der Waals surface area (Å²) in [6.45, 7) is 0. The lowest BCUT2D eigenvalue weighted by molar-refractivity contribution is -0.144. The zero-order valence-electron chi connectivity index (χ0n) is 9.29. The summed E-state index contributed by atoms with van der Waals surface area (Å²) in [5.41, 5.74) is 5.65. The molecule has 2 rings (SSSR count). The second-order valence-corrected chi connectivity index (χ2v) is 4.26. The van der Waals surface area contributed by atoms with Crippen molar-refractivity contribution < 1.29 is 18.0 Å². The van der Waals surface area contributed by atoms with Crippen molar-refractivity contribution in [3.63, 3.8) is 0 Å². The lowest BCUT2D eigenvalue weighted by Gasteiger charge is -2.07. The number of amides is 1. The average molecular weight is 263 g/mol. The van der Waals surface area contributed by atoms with Crippen molar-refractivity contribution in [2.75, 3.05) is 5.32 Å². The molecule has 1 amide bonds. The number of hydrogen-bond donors (Lipinski definition) is 3. The first-order valence-electron chi connectivity index (χ1n) is 5.42. The number of carbonyl (C=O) groups excluding carboxylic acids is 1. The predicted molar refractivity (Wildman–Crippen MR) is 55.3 cm³/mol. The van der Waals surface area contributed by atoms with Gasteiger partial charge >= 0.3 is 6.18 Å². The van der Waals surface area contributed by atoms with Crippen LogP contribution in [0.2, 0.25) is 0 Å². The minimum atomic E-state index is -4.61. The lowest BCUT2D eigenvalue weighted by Crippen LogP contribution is -2.23. The van der Waals surface area contributed by atoms with E-state index in [1.807, 2.05) is 0 Å². The molecule has 0 saturated heterocycles. The molecule has 18 heavy (non-hydrogen) atoms. The number of nitrogens with zero attached hydrogens (tertiary/aromatic N) is 2. The van der Waals surface area contributed by atoms with E-state index in [4.69, 9.17) is 5.73 Å². The van der Waals surface area contributed by atoms with E-state index in [-0.39, 0.29) is 17.9 Å². The molecule has 1 heterocycles. The molecule has 0 bridgehead atoms. The van der Waals surface area contributed by atoms with Gasteiger partial charge in [0.2, 0.25) is 17.7 Å². The highest BCUT2D eigenvalue weighted by Crippen LogP contribution is 2.27. The number of nitrogens with one attached hydrogen (secondary N) is 2. The molecule has 1 aliphatic rings. The molecule has 0 spiro atoms. The Hall–Kier alpha value is -1.64. The van der Waals surface area contributed by atoms with Gasteiger partial charge in [0.25, 0.3) is 0 Å². The molecular weight excluding hydrogens is 251 g/mol. The molecule has 6 nitrogen and oxygen atoms in total. The van der Waals surface area contributed by atoms with E-state index in [2.05, 4.69) is 15.4 Å². The second-order valence-electron chi connectivity index (χ2n) is 4.26. The summed E-state index contributed by atoms with van der Waals surface area (Å²) in [4.78, 5) is 14.8. The first kappa shape index (κ1) is 12.8. The number of rotatable bonds is 2. The van der Waals surface area contributed by atoms with Crippen LogP contribution in [0.1, 0.15) is 25.1 Å². The van der Waals surface area contributed by atoms with E-state index in [0.29, 0.717) is 12.8 Å². The van der Waals surface area contributed by atoms with E-state index >= 15 is 0 Å². The summed E-state index contributed by atoms with van der Waals surface area (Å²) in [7, 11) is 0. The first-order chi connectivity index (χ1) is 8.36. The van der Waals surface area contributed by atoms with Crippen LogP contribution >= 0.6 is 0 Å². The van der Waals surface area contributed by atoms with Crippen LogP contribution in [-0.4, -0.2) is 27.1 Å². The van der Waals surface area contributed by atoms with E-state index in [9.17, 15) is 18.0 Å². The Kier molecular flexibility index (Phi) is 3.24. The largest absolute Gasteiger partial charge is 0.451 e. The van der Waals surface area contributed by atoms with Crippen molar-refractivity contribution in [1.82, 2.24) is 15.2 Å². The maximum Gasteiger partial charge on any atom is 0.451 e. The Labute approximate surface area is 100 Å². The Morgan fingerprint density at radius 2 is 2.17 bits per heavy atom. The second kappa shape index (κ2) is 4.56. The summed E-state index contributed by atoms with van der Waals surface area (Å²) in [5.74, 6) is -2.28. The van der Waals surface area contributed by atoms with Crippen molar-refractivity contribution >= 4 is 11.9 Å². The third kappa shape index (κ3) is 2.78. The van der Waals surface area contributed by atoms with Crippen LogP contribution in [-0.2, 0) is 11.0 Å². The maximum absolute atomic E-state index is 12.2. The quantitative estimate of drug-likeness (QED) is 0.738. The van der Waals surface area contributed by atoms with Gasteiger partial charge < -0.3 is 5.73 Å². The van der Waals surface area contributed by atoms with E-state index in [1.165, 1.54) is 0 Å². The number of anilines is 1. The van der Waals surface area contributed by atoms with Gasteiger partial charge in [-0.05, 0) is 19.3 Å². The van der Waals surface area contributed by atoms with Crippen molar-refractivity contribution in [1.29, 1.82) is 0 Å². The van der Waals surface area contributed by atoms with Crippen LogP contribution in [0.3, 0.4) is 0 Å². The summed E-state index contributed by atoms with van der Waals surface area (Å²) in [6, 6.07) is -0.0290. The lowest BCUT2D eigenvalue weighted by atomic mass is 10.1. The molecule has 1 saturated carbocycles. The van der Waals surface area contributed by atoms with Gasteiger partial charge in [-0.1, -0.05) is 0 Å². The van der Waals surface area contributed by atoms with E-state index in [1.54, 1.807) is 5.10 Å². The molecule has 2 unspecified atom stereocenters. The molecule has 1 aromatic heterocycles. The Bertz CT molecular complexity index is 444. The van der Waals surface area contributed by atoms with Crippen LogP contribution in [0.5, 0.6) is 0 Å². The molecule has 0 radical (unpaired) electrons. The van der Waals surface area contributed by atoms with Crippen LogP contribution < -0.4 is 11.1 Å². The predicted octanol–water partition coefficient (Wildman–Crippen LogP) is 0.889. The Morgan fingerprint density at radius 3 is 2.67 bits per heavy atom. The fourth-order valence-electron chi connectivity index (χ4n) is 1.91. The van der Waals surface area contributed by atoms with Gasteiger partial charge in [0.1, 0.15) is 0 Å². The zero-order valence-corrected chi connectivity index (χ0v) is 9.29. The summed E-state index contributed by atoms with van der Waals surface area (Å²) in [5, 5.41) is 7.27. The molecule has 100 valence electrons. The standard InChI is InChI=1S/C9H12F3N5O/c10-9(11,12)7-15-8(17-16-7)14-6(18)4-1-2-5(13)3-4/h4-5H,1-3,13H2,(H2,14,15,16,17,18). The highest BCUT2D eigenvalue weighted by atomic mass is 19.4. The number of alkyl halides is 3. The van der Waals surface area contributed by atoms with Crippen LogP contribution in [0.4, 0.5) is 19.1 Å². The molecule has 9 heteroatoms. The fourth-order valence-corrected chi connectivity index (χ4v) is 1.91. The molecule has 2 atom stereocenters. The number of aromatic amines is 1. The summed E-state index contributed by atoms with van der Waals surface area (Å²) < 4.78 is 36.7. The van der Waals surface area contributed by atoms with Gasteiger partial charge in [0.15, 0.2) is 0 Å². The average Bonchev–Trinajstić information content (AvgIpc) is 2.85. The van der Waals surface area contributed by atoms with Crippen LogP contribution in [0, 0.1) is 5.92 Å². The fraction of sp³-hybridized carbons (Fsp3) is 0.667. The number of nitrogens with two attached hydrogens (primary N) is 1. The third-order valence-electron chi connectivity index (χ3n) is 2.83. The molecule has 0 aliphatic heterocycles. The smallest absolute Gasteiger partial charge is 0.328 e. The highest BCUT2D eigenvalue weighted by Gasteiger charge is 2.36. The zero-order chi connectivity index (χ0) is 13.3. The molecule has 1 fully saturated rings. The number of H-pyrrole nitrogens is 1. The van der Waals surface area contributed by atoms with Crippen LogP contribution in [0.15, 0.2) is 0 Å². The molecule has 1 aliphatic carbocycles. The first-order valence-corrected chi connectivity index (χ1v) is 5.42. The topological polar surface area (TPSA) is 96.7 Å². The van der Waals surface area contributed by atoms with E-state index < -0.39 is 17.9 Å². The van der Waals surface area contributed by atoms with Gasteiger partial charge in [-0.2, -0.15) is 18.2 Å². The van der Waals surface area contributed by atoms with Crippen molar-refractivity contribution in [3.8, 4) is 0 Å². The van der Waals surface area contributed by atoms with Crippen molar-refractivity contribution in [2.45, 2.75) is 31.5 Å². The minimum Gasteiger partial charge on any atom is -0.328 e. The van der Waals surface area contributed by atoms with Crippen molar-refractivity contribution in [2.24, 2.45) is 11.7 Å². The van der Waals surface area contributed by atoms with E-state index in [0.717, 1.165) is 6.42 Å². The summed E-state index contributed by atoms with van der Waals surface area (Å²) >= 11 is 0. The molecular formula is C9H12F3N5O. The third-order valence-corrected chi connectivity index (χ3v) is 2.83. The van der Waals surface area contributed by atoms with Gasteiger partial charge in [-0.15, -0.1) is 5.10 Å². The Balaban J connectivity index is 1.97. The molecule has 1 aromatic rings. The SMILES string of the molecule is NC1CCC(C(=O)Nc2n[nH]c(C(F)(F)F)n2)C1. The Morgan fingerprint density at radius 1 is 1.44 bits per heavy atom. The van der Waals surface area contributed by atoms with Gasteiger partial charge in [-0.25, -0.2) is 0 Å². The summed E-state index contributed by atoms with van der Waals surface area (Å²) in [6.07, 6.45) is -2.71.